The molecule has 1 saturated carbocycles. The van der Waals surface area contributed by atoms with Crippen molar-refractivity contribution < 1.29 is 4.74 Å². The molecule has 2 rings (SSSR count). The van der Waals surface area contributed by atoms with Crippen molar-refractivity contribution in [2.75, 3.05) is 39.9 Å². The van der Waals surface area contributed by atoms with E-state index in [0.717, 1.165) is 31.7 Å². The average Bonchev–Trinajstić information content (AvgIpc) is 2.97. The molecule has 100 valence electrons. The number of ether oxygens (including phenoxy) is 1. The second kappa shape index (κ2) is 7.34. The molecule has 1 atom stereocenters. The lowest BCUT2D eigenvalue weighted by molar-refractivity contribution is 0.185. The predicted molar refractivity (Wildman–Crippen MR) is 71.3 cm³/mol. The van der Waals surface area contributed by atoms with E-state index in [9.17, 15) is 0 Å². The second-order valence-electron chi connectivity index (χ2n) is 5.64. The molecule has 0 aromatic carbocycles. The number of hydrogen-bond acceptors (Lipinski definition) is 3. The second-order valence-corrected chi connectivity index (χ2v) is 5.64. The summed E-state index contributed by atoms with van der Waals surface area (Å²) in [7, 11) is 1.77. The van der Waals surface area contributed by atoms with E-state index in [4.69, 9.17) is 4.74 Å². The van der Waals surface area contributed by atoms with E-state index >= 15 is 0 Å². The van der Waals surface area contributed by atoms with Gasteiger partial charge in [0.2, 0.25) is 0 Å². The largest absolute Gasteiger partial charge is 0.383 e. The molecule has 3 nitrogen and oxygen atoms in total. The number of likely N-dealkylation sites (tertiary alicyclic amines) is 1. The van der Waals surface area contributed by atoms with Gasteiger partial charge in [0.25, 0.3) is 0 Å². The Hall–Kier alpha value is -0.120. The minimum atomic E-state index is 0.785. The zero-order valence-electron chi connectivity index (χ0n) is 11.3. The highest BCUT2D eigenvalue weighted by molar-refractivity contribution is 4.83. The molecular formula is C14H28N2O. The lowest BCUT2D eigenvalue weighted by Gasteiger charge is -2.27. The van der Waals surface area contributed by atoms with Crippen molar-refractivity contribution >= 4 is 0 Å². The molecule has 0 radical (unpaired) electrons. The van der Waals surface area contributed by atoms with Crippen molar-refractivity contribution in [1.82, 2.24) is 10.2 Å². The minimum Gasteiger partial charge on any atom is -0.383 e. The summed E-state index contributed by atoms with van der Waals surface area (Å²) in [5.41, 5.74) is 0. The van der Waals surface area contributed by atoms with Crippen LogP contribution < -0.4 is 5.32 Å². The summed E-state index contributed by atoms with van der Waals surface area (Å²) in [6.07, 6.45) is 8.65. The Bertz CT molecular complexity index is 204. The van der Waals surface area contributed by atoms with Crippen LogP contribution in [-0.2, 0) is 4.74 Å². The zero-order valence-corrected chi connectivity index (χ0v) is 11.3. The first-order valence-electron chi connectivity index (χ1n) is 7.34. The molecule has 0 spiro atoms. The van der Waals surface area contributed by atoms with Crippen LogP contribution in [0.25, 0.3) is 0 Å². The van der Waals surface area contributed by atoms with Crippen LogP contribution in [0.2, 0.25) is 0 Å². The third-order valence-electron chi connectivity index (χ3n) is 4.33. The van der Waals surface area contributed by atoms with Crippen LogP contribution in [0.4, 0.5) is 0 Å². The first-order chi connectivity index (χ1) is 8.40. The first-order valence-corrected chi connectivity index (χ1v) is 7.34. The Kier molecular flexibility index (Phi) is 5.75. The molecule has 1 saturated heterocycles. The van der Waals surface area contributed by atoms with E-state index < -0.39 is 0 Å². The number of hydrogen-bond donors (Lipinski definition) is 1. The van der Waals surface area contributed by atoms with Gasteiger partial charge in [-0.3, -0.25) is 4.90 Å². The van der Waals surface area contributed by atoms with E-state index in [1.54, 1.807) is 7.11 Å². The van der Waals surface area contributed by atoms with E-state index in [2.05, 4.69) is 10.2 Å². The molecule has 1 heterocycles. The third kappa shape index (κ3) is 4.23. The first kappa shape index (κ1) is 13.3. The number of methoxy groups -OCH3 is 1. The third-order valence-corrected chi connectivity index (χ3v) is 4.33. The average molecular weight is 240 g/mol. The van der Waals surface area contributed by atoms with Crippen LogP contribution in [0.15, 0.2) is 0 Å². The highest BCUT2D eigenvalue weighted by Crippen LogP contribution is 2.28. The van der Waals surface area contributed by atoms with Gasteiger partial charge in [-0.25, -0.2) is 0 Å². The molecule has 0 aromatic heterocycles. The summed E-state index contributed by atoms with van der Waals surface area (Å²) in [5.74, 6) is 0.995. The Morgan fingerprint density at radius 3 is 2.76 bits per heavy atom. The molecule has 0 aromatic rings. The Balaban J connectivity index is 1.65. The smallest absolute Gasteiger partial charge is 0.0587 e. The summed E-state index contributed by atoms with van der Waals surface area (Å²) in [6.45, 7) is 5.65. The Morgan fingerprint density at radius 2 is 2.00 bits per heavy atom. The summed E-state index contributed by atoms with van der Waals surface area (Å²) in [4.78, 5) is 2.73. The fourth-order valence-electron chi connectivity index (χ4n) is 3.33. The van der Waals surface area contributed by atoms with Gasteiger partial charge in [-0.2, -0.15) is 0 Å². The topological polar surface area (TPSA) is 24.5 Å². The van der Waals surface area contributed by atoms with Crippen LogP contribution in [-0.4, -0.2) is 50.8 Å². The maximum Gasteiger partial charge on any atom is 0.0587 e. The number of nitrogens with one attached hydrogen (secondary N) is 1. The van der Waals surface area contributed by atoms with Gasteiger partial charge in [0.05, 0.1) is 6.61 Å². The number of rotatable bonds is 7. The normalized spacial score (nSPS) is 27.0. The predicted octanol–water partition coefficient (Wildman–Crippen LogP) is 1.88. The SMILES string of the molecule is COCCNCC1CCCN1CC1CCCC1. The van der Waals surface area contributed by atoms with Gasteiger partial charge in [-0.15, -0.1) is 0 Å². The molecule has 17 heavy (non-hydrogen) atoms. The summed E-state index contributed by atoms with van der Waals surface area (Å²) in [5, 5.41) is 3.52. The van der Waals surface area contributed by atoms with Crippen LogP contribution in [0.5, 0.6) is 0 Å². The molecule has 2 fully saturated rings. The van der Waals surface area contributed by atoms with Crippen molar-refractivity contribution in [3.63, 3.8) is 0 Å². The molecule has 2 aliphatic rings. The maximum atomic E-state index is 5.06. The van der Waals surface area contributed by atoms with Crippen molar-refractivity contribution in [2.24, 2.45) is 5.92 Å². The fourth-order valence-corrected chi connectivity index (χ4v) is 3.33. The lowest BCUT2D eigenvalue weighted by Crippen LogP contribution is -2.40. The van der Waals surface area contributed by atoms with Crippen molar-refractivity contribution in [1.29, 1.82) is 0 Å². The molecule has 1 aliphatic carbocycles. The molecule has 3 heteroatoms. The monoisotopic (exact) mass is 240 g/mol. The zero-order chi connectivity index (χ0) is 11.9. The van der Waals surface area contributed by atoms with Crippen molar-refractivity contribution in [3.05, 3.63) is 0 Å². The molecule has 1 unspecified atom stereocenters. The van der Waals surface area contributed by atoms with Gasteiger partial charge in [-0.05, 0) is 38.1 Å². The molecule has 0 bridgehead atoms. The molecule has 0 amide bonds. The highest BCUT2D eigenvalue weighted by atomic mass is 16.5. The van der Waals surface area contributed by atoms with E-state index in [1.165, 1.54) is 51.6 Å². The quantitative estimate of drug-likeness (QED) is 0.688. The molecule has 1 aliphatic heterocycles. The van der Waals surface area contributed by atoms with Gasteiger partial charge in [-0.1, -0.05) is 12.8 Å². The van der Waals surface area contributed by atoms with E-state index in [1.807, 2.05) is 0 Å². The van der Waals surface area contributed by atoms with Gasteiger partial charge < -0.3 is 10.1 Å². The van der Waals surface area contributed by atoms with Crippen LogP contribution in [0, 0.1) is 5.92 Å². The lowest BCUT2D eigenvalue weighted by atomic mass is 10.1. The van der Waals surface area contributed by atoms with Gasteiger partial charge in [0.15, 0.2) is 0 Å². The van der Waals surface area contributed by atoms with Gasteiger partial charge in [0.1, 0.15) is 0 Å². The Labute approximate surface area is 106 Å². The maximum absolute atomic E-state index is 5.06. The minimum absolute atomic E-state index is 0.785. The van der Waals surface area contributed by atoms with Crippen LogP contribution in [0.3, 0.4) is 0 Å². The molecular weight excluding hydrogens is 212 g/mol. The summed E-state index contributed by atoms with van der Waals surface area (Å²) in [6, 6.07) is 0.785. The molecule has 1 N–H and O–H groups in total. The van der Waals surface area contributed by atoms with Crippen molar-refractivity contribution in [3.8, 4) is 0 Å². The summed E-state index contributed by atoms with van der Waals surface area (Å²) < 4.78 is 5.06. The summed E-state index contributed by atoms with van der Waals surface area (Å²) >= 11 is 0. The Morgan fingerprint density at radius 1 is 1.18 bits per heavy atom. The number of nitrogens with zero attached hydrogens (tertiary/aromatic N) is 1. The van der Waals surface area contributed by atoms with Crippen molar-refractivity contribution in [2.45, 2.75) is 44.6 Å². The van der Waals surface area contributed by atoms with Gasteiger partial charge in [0, 0.05) is 32.8 Å². The fraction of sp³-hybridized carbons (Fsp3) is 1.00. The standard InChI is InChI=1S/C14H28N2O/c1-17-10-8-15-11-14-7-4-9-16(14)12-13-5-2-3-6-13/h13-15H,2-12H2,1H3. The van der Waals surface area contributed by atoms with E-state index in [0.29, 0.717) is 0 Å². The van der Waals surface area contributed by atoms with Crippen LogP contribution in [0.1, 0.15) is 38.5 Å². The van der Waals surface area contributed by atoms with Gasteiger partial charge >= 0.3 is 0 Å². The van der Waals surface area contributed by atoms with E-state index in [-0.39, 0.29) is 0 Å². The van der Waals surface area contributed by atoms with Crippen LogP contribution >= 0.6 is 0 Å². The highest BCUT2D eigenvalue weighted by Gasteiger charge is 2.27.